The van der Waals surface area contributed by atoms with Crippen molar-refractivity contribution in [2.45, 2.75) is 6.67 Å². The first-order valence-electron chi connectivity index (χ1n) is 3.55. The van der Waals surface area contributed by atoms with Crippen LogP contribution in [0.3, 0.4) is 0 Å². The van der Waals surface area contributed by atoms with Crippen molar-refractivity contribution < 1.29 is 13.5 Å². The smallest absolute Gasteiger partial charge is 0.172 e. The highest BCUT2D eigenvalue weighted by molar-refractivity contribution is 5.46. The van der Waals surface area contributed by atoms with Gasteiger partial charge in [0.2, 0.25) is 0 Å². The van der Waals surface area contributed by atoms with Crippen LogP contribution in [-0.2, 0) is 6.67 Å². The Labute approximate surface area is 74.4 Å². The summed E-state index contributed by atoms with van der Waals surface area (Å²) < 4.78 is 29.8. The van der Waals surface area contributed by atoms with Gasteiger partial charge in [0, 0.05) is 0 Å². The van der Waals surface area contributed by atoms with Crippen LogP contribution in [0.5, 0.6) is 5.75 Å². The molecule has 0 heterocycles. The summed E-state index contributed by atoms with van der Waals surface area (Å²) in [6, 6.07) is 4.01. The summed E-state index contributed by atoms with van der Waals surface area (Å²) in [5.74, 6) is -0.853. The van der Waals surface area contributed by atoms with Gasteiger partial charge in [-0.3, -0.25) is 0 Å². The van der Waals surface area contributed by atoms with E-state index in [1.807, 2.05) is 0 Å². The van der Waals surface area contributed by atoms with Crippen molar-refractivity contribution in [1.82, 2.24) is 0 Å². The lowest BCUT2D eigenvalue weighted by atomic mass is 10.1. The van der Waals surface area contributed by atoms with Gasteiger partial charge in [0.05, 0.1) is 12.7 Å². The molecule has 0 radical (unpaired) electrons. The van der Waals surface area contributed by atoms with Crippen molar-refractivity contribution in [3.63, 3.8) is 0 Å². The zero-order valence-corrected chi connectivity index (χ0v) is 6.97. The molecule has 68 valence electrons. The lowest BCUT2D eigenvalue weighted by Gasteiger charge is -2.04. The van der Waals surface area contributed by atoms with E-state index in [1.54, 1.807) is 6.07 Å². The van der Waals surface area contributed by atoms with Gasteiger partial charge < -0.3 is 4.74 Å². The zero-order chi connectivity index (χ0) is 9.84. The predicted molar refractivity (Wildman–Crippen MR) is 42.5 cm³/mol. The van der Waals surface area contributed by atoms with Gasteiger partial charge in [-0.25, -0.2) is 8.78 Å². The summed E-state index contributed by atoms with van der Waals surface area (Å²) in [4.78, 5) is 0. The first-order chi connectivity index (χ1) is 6.22. The molecule has 0 aliphatic carbocycles. The van der Waals surface area contributed by atoms with E-state index < -0.39 is 12.5 Å². The molecule has 0 fully saturated rings. The van der Waals surface area contributed by atoms with Crippen molar-refractivity contribution in [1.29, 1.82) is 5.26 Å². The molecule has 13 heavy (non-hydrogen) atoms. The summed E-state index contributed by atoms with van der Waals surface area (Å²) in [6.45, 7) is -0.796. The highest BCUT2D eigenvalue weighted by Crippen LogP contribution is 2.23. The van der Waals surface area contributed by atoms with E-state index in [2.05, 4.69) is 4.74 Å². The second kappa shape index (κ2) is 3.85. The van der Waals surface area contributed by atoms with Gasteiger partial charge in [-0.15, -0.1) is 0 Å². The molecule has 0 aliphatic heterocycles. The first-order valence-corrected chi connectivity index (χ1v) is 3.55. The molecule has 0 spiro atoms. The highest BCUT2D eigenvalue weighted by atomic mass is 19.1. The molecular formula is C9H7F2NO. The van der Waals surface area contributed by atoms with Gasteiger partial charge in [0.25, 0.3) is 0 Å². The Morgan fingerprint density at radius 1 is 1.54 bits per heavy atom. The number of alkyl halides is 1. The normalized spacial score (nSPS) is 9.38. The number of nitriles is 1. The zero-order valence-electron chi connectivity index (χ0n) is 6.97. The molecule has 1 aromatic rings. The summed E-state index contributed by atoms with van der Waals surface area (Å²) in [5.41, 5.74) is 0.144. The Kier molecular flexibility index (Phi) is 2.80. The van der Waals surface area contributed by atoms with E-state index in [1.165, 1.54) is 13.2 Å². The summed E-state index contributed by atoms with van der Waals surface area (Å²) >= 11 is 0. The van der Waals surface area contributed by atoms with Crippen LogP contribution in [0.25, 0.3) is 0 Å². The number of ether oxygens (including phenoxy) is 1. The Bertz CT molecular complexity index is 357. The highest BCUT2D eigenvalue weighted by Gasteiger charge is 2.10. The molecule has 0 amide bonds. The topological polar surface area (TPSA) is 33.0 Å². The Balaban J connectivity index is 3.31. The van der Waals surface area contributed by atoms with Crippen molar-refractivity contribution in [3.05, 3.63) is 29.1 Å². The molecule has 0 aliphatic rings. The molecule has 1 rings (SSSR count). The van der Waals surface area contributed by atoms with Crippen LogP contribution in [0.15, 0.2) is 12.1 Å². The van der Waals surface area contributed by atoms with Crippen LogP contribution in [0.2, 0.25) is 0 Å². The number of benzene rings is 1. The van der Waals surface area contributed by atoms with Crippen LogP contribution in [0, 0.1) is 17.1 Å². The van der Waals surface area contributed by atoms with E-state index in [0.717, 1.165) is 6.07 Å². The summed E-state index contributed by atoms with van der Waals surface area (Å²) in [5, 5.41) is 8.57. The van der Waals surface area contributed by atoms with Crippen molar-refractivity contribution >= 4 is 0 Å². The SMILES string of the molecule is COc1c(F)cc(CF)cc1C#N. The second-order valence-corrected chi connectivity index (χ2v) is 2.40. The molecule has 2 nitrogen and oxygen atoms in total. The Morgan fingerprint density at radius 2 is 2.23 bits per heavy atom. The summed E-state index contributed by atoms with van der Waals surface area (Å²) in [7, 11) is 1.26. The second-order valence-electron chi connectivity index (χ2n) is 2.40. The van der Waals surface area contributed by atoms with Crippen molar-refractivity contribution in [2.75, 3.05) is 7.11 Å². The van der Waals surface area contributed by atoms with E-state index in [0.29, 0.717) is 0 Å². The Hall–Kier alpha value is -1.63. The fraction of sp³-hybridized carbons (Fsp3) is 0.222. The molecule has 0 aromatic heterocycles. The fourth-order valence-electron chi connectivity index (χ4n) is 1.02. The van der Waals surface area contributed by atoms with Crippen LogP contribution in [0.4, 0.5) is 8.78 Å². The predicted octanol–water partition coefficient (Wildman–Crippen LogP) is 2.18. The van der Waals surface area contributed by atoms with Crippen LogP contribution in [-0.4, -0.2) is 7.11 Å². The number of nitrogens with zero attached hydrogens (tertiary/aromatic N) is 1. The lowest BCUT2D eigenvalue weighted by Crippen LogP contribution is -1.94. The van der Waals surface area contributed by atoms with E-state index >= 15 is 0 Å². The standard InChI is InChI=1S/C9H7F2NO/c1-13-9-7(5-12)2-6(4-10)3-8(9)11/h2-3H,4H2,1H3. The quantitative estimate of drug-likeness (QED) is 0.703. The van der Waals surface area contributed by atoms with E-state index in [4.69, 9.17) is 5.26 Å². The largest absolute Gasteiger partial charge is 0.492 e. The molecule has 0 bridgehead atoms. The molecule has 0 N–H and O–H groups in total. The van der Waals surface area contributed by atoms with Crippen LogP contribution in [0.1, 0.15) is 11.1 Å². The molecule has 0 saturated heterocycles. The number of hydrogen-bond acceptors (Lipinski definition) is 2. The average molecular weight is 183 g/mol. The van der Waals surface area contributed by atoms with Crippen molar-refractivity contribution in [3.8, 4) is 11.8 Å². The molecule has 0 atom stereocenters. The van der Waals surface area contributed by atoms with Gasteiger partial charge in [0.1, 0.15) is 12.7 Å². The van der Waals surface area contributed by atoms with Gasteiger partial charge in [-0.05, 0) is 17.7 Å². The molecule has 1 aromatic carbocycles. The number of methoxy groups -OCH3 is 1. The maximum absolute atomic E-state index is 13.0. The molecular weight excluding hydrogens is 176 g/mol. The number of halogens is 2. The minimum Gasteiger partial charge on any atom is -0.492 e. The molecule has 4 heteroatoms. The third-order valence-electron chi connectivity index (χ3n) is 1.58. The van der Waals surface area contributed by atoms with E-state index in [9.17, 15) is 8.78 Å². The molecule has 0 saturated carbocycles. The third kappa shape index (κ3) is 1.75. The van der Waals surface area contributed by atoms with Gasteiger partial charge in [-0.1, -0.05) is 0 Å². The lowest BCUT2D eigenvalue weighted by molar-refractivity contribution is 0.383. The average Bonchev–Trinajstić information content (AvgIpc) is 2.16. The van der Waals surface area contributed by atoms with Gasteiger partial charge in [0.15, 0.2) is 11.6 Å². The first kappa shape index (κ1) is 9.46. The van der Waals surface area contributed by atoms with Crippen molar-refractivity contribution in [2.24, 2.45) is 0 Å². The van der Waals surface area contributed by atoms with Crippen LogP contribution >= 0.6 is 0 Å². The minimum atomic E-state index is -0.796. The maximum Gasteiger partial charge on any atom is 0.172 e. The molecule has 0 unspecified atom stereocenters. The van der Waals surface area contributed by atoms with Crippen LogP contribution < -0.4 is 4.74 Å². The Morgan fingerprint density at radius 3 is 2.69 bits per heavy atom. The van der Waals surface area contributed by atoms with Gasteiger partial charge in [-0.2, -0.15) is 5.26 Å². The fourth-order valence-corrected chi connectivity index (χ4v) is 1.02. The van der Waals surface area contributed by atoms with Gasteiger partial charge >= 0.3 is 0 Å². The minimum absolute atomic E-state index is 0.00940. The summed E-state index contributed by atoms with van der Waals surface area (Å²) in [6.07, 6.45) is 0. The number of hydrogen-bond donors (Lipinski definition) is 0. The number of rotatable bonds is 2. The monoisotopic (exact) mass is 183 g/mol. The third-order valence-corrected chi connectivity index (χ3v) is 1.58. The van der Waals surface area contributed by atoms with E-state index in [-0.39, 0.29) is 16.9 Å². The maximum atomic E-state index is 13.0.